The number of nitrogens with one attached hydrogen (secondary N) is 1. The third kappa shape index (κ3) is 4.55. The Hall–Kier alpha value is -0.520. The molecule has 1 aromatic rings. The number of aliphatic hydroxyl groups is 1. The maximum Gasteiger partial charge on any atom is 0.252 e. The van der Waals surface area contributed by atoms with Crippen molar-refractivity contribution in [3.63, 3.8) is 0 Å². The summed E-state index contributed by atoms with van der Waals surface area (Å²) in [6, 6.07) is 1.77. The zero-order valence-electron chi connectivity index (χ0n) is 9.53. The summed E-state index contributed by atoms with van der Waals surface area (Å²) in [5, 5.41) is 16.4. The quantitative estimate of drug-likeness (QED) is 0.821. The molecule has 90 valence electrons. The monoisotopic (exact) mass is 259 g/mol. The zero-order chi connectivity index (χ0) is 12.0. The van der Waals surface area contributed by atoms with Gasteiger partial charge in [0.25, 0.3) is 5.91 Å². The molecule has 1 atom stereocenters. The molecular weight excluding hydrogens is 242 g/mol. The van der Waals surface area contributed by atoms with Gasteiger partial charge in [0.1, 0.15) is 0 Å². The molecule has 1 heterocycles. The van der Waals surface area contributed by atoms with Crippen molar-refractivity contribution >= 4 is 29.0 Å². The summed E-state index contributed by atoms with van der Waals surface area (Å²) >= 11 is 3.18. The molecule has 16 heavy (non-hydrogen) atoms. The number of thiophene rings is 1. The van der Waals surface area contributed by atoms with E-state index in [1.54, 1.807) is 30.1 Å². The summed E-state index contributed by atoms with van der Waals surface area (Å²) in [5.41, 5.74) is -0.167. The predicted molar refractivity (Wildman–Crippen MR) is 70.3 cm³/mol. The van der Waals surface area contributed by atoms with Gasteiger partial charge < -0.3 is 10.4 Å². The lowest BCUT2D eigenvalue weighted by Gasteiger charge is -2.23. The van der Waals surface area contributed by atoms with Crippen LogP contribution < -0.4 is 5.32 Å². The highest BCUT2D eigenvalue weighted by molar-refractivity contribution is 7.98. The van der Waals surface area contributed by atoms with Gasteiger partial charge >= 0.3 is 0 Å². The molecule has 0 fully saturated rings. The molecule has 3 nitrogen and oxygen atoms in total. The van der Waals surface area contributed by atoms with Gasteiger partial charge in [-0.3, -0.25) is 4.79 Å². The van der Waals surface area contributed by atoms with Crippen molar-refractivity contribution in [2.24, 2.45) is 0 Å². The van der Waals surface area contributed by atoms with E-state index in [-0.39, 0.29) is 5.91 Å². The molecule has 1 rings (SSSR count). The summed E-state index contributed by atoms with van der Waals surface area (Å²) in [5.74, 6) is 0.770. The van der Waals surface area contributed by atoms with Crippen LogP contribution in [0.2, 0.25) is 0 Å². The van der Waals surface area contributed by atoms with Crippen LogP contribution in [-0.2, 0) is 0 Å². The van der Waals surface area contributed by atoms with Crippen LogP contribution >= 0.6 is 23.1 Å². The van der Waals surface area contributed by atoms with Gasteiger partial charge in [0.2, 0.25) is 0 Å². The van der Waals surface area contributed by atoms with Crippen LogP contribution in [-0.4, -0.2) is 35.2 Å². The number of carbonyl (C=O) groups excluding carboxylic acids is 1. The van der Waals surface area contributed by atoms with Crippen LogP contribution in [0.1, 0.15) is 23.7 Å². The second kappa shape index (κ2) is 6.27. The summed E-state index contributed by atoms with van der Waals surface area (Å²) in [4.78, 5) is 11.6. The number of amides is 1. The van der Waals surface area contributed by atoms with Gasteiger partial charge in [-0.25, -0.2) is 0 Å². The van der Waals surface area contributed by atoms with E-state index in [2.05, 4.69) is 5.32 Å². The molecule has 2 N–H and O–H groups in total. The number of hydrogen-bond acceptors (Lipinski definition) is 4. The lowest BCUT2D eigenvalue weighted by atomic mass is 10.0. The topological polar surface area (TPSA) is 49.3 Å². The van der Waals surface area contributed by atoms with Crippen molar-refractivity contribution in [1.82, 2.24) is 5.32 Å². The third-order valence-corrected chi connectivity index (χ3v) is 3.55. The minimum Gasteiger partial charge on any atom is -0.388 e. The first-order chi connectivity index (χ1) is 7.55. The number of carbonyl (C=O) groups is 1. The van der Waals surface area contributed by atoms with Crippen LogP contribution in [0.4, 0.5) is 0 Å². The fraction of sp³-hybridized carbons (Fsp3) is 0.545. The highest BCUT2D eigenvalue weighted by atomic mass is 32.2. The number of rotatable bonds is 6. The van der Waals surface area contributed by atoms with E-state index in [0.717, 1.165) is 5.75 Å². The first-order valence-corrected chi connectivity index (χ1v) is 7.40. The van der Waals surface area contributed by atoms with E-state index in [9.17, 15) is 9.90 Å². The van der Waals surface area contributed by atoms with Crippen LogP contribution in [0.5, 0.6) is 0 Å². The van der Waals surface area contributed by atoms with Crippen LogP contribution in [0.3, 0.4) is 0 Å². The van der Waals surface area contributed by atoms with Crippen LogP contribution in [0, 0.1) is 0 Å². The smallest absolute Gasteiger partial charge is 0.252 e. The highest BCUT2D eigenvalue weighted by Crippen LogP contribution is 2.12. The molecule has 0 aliphatic heterocycles. The largest absolute Gasteiger partial charge is 0.388 e. The number of thioether (sulfide) groups is 1. The Morgan fingerprint density at radius 1 is 1.69 bits per heavy atom. The number of hydrogen-bond donors (Lipinski definition) is 2. The minimum absolute atomic E-state index is 0.120. The van der Waals surface area contributed by atoms with Crippen molar-refractivity contribution in [3.05, 3.63) is 22.4 Å². The van der Waals surface area contributed by atoms with Crippen molar-refractivity contribution in [3.8, 4) is 0 Å². The Bertz CT molecular complexity index is 323. The lowest BCUT2D eigenvalue weighted by Crippen LogP contribution is -2.40. The predicted octanol–water partition coefficient (Wildman–Crippen LogP) is 1.98. The van der Waals surface area contributed by atoms with E-state index in [1.807, 2.05) is 11.6 Å². The summed E-state index contributed by atoms with van der Waals surface area (Å²) < 4.78 is 0. The summed E-state index contributed by atoms with van der Waals surface area (Å²) in [6.45, 7) is 2.04. The summed E-state index contributed by atoms with van der Waals surface area (Å²) in [6.07, 6.45) is 2.68. The molecular formula is C11H17NO2S2. The molecule has 5 heteroatoms. The normalized spacial score (nSPS) is 14.4. The van der Waals surface area contributed by atoms with Crippen molar-refractivity contribution in [2.75, 3.05) is 18.6 Å². The van der Waals surface area contributed by atoms with Gasteiger partial charge in [0.05, 0.1) is 5.60 Å². The summed E-state index contributed by atoms with van der Waals surface area (Å²) in [7, 11) is 0. The maximum absolute atomic E-state index is 11.6. The van der Waals surface area contributed by atoms with E-state index >= 15 is 0 Å². The molecule has 0 aliphatic carbocycles. The van der Waals surface area contributed by atoms with E-state index < -0.39 is 5.60 Å². The average Bonchev–Trinajstić information content (AvgIpc) is 2.77. The zero-order valence-corrected chi connectivity index (χ0v) is 11.2. The third-order valence-electron chi connectivity index (χ3n) is 2.26. The lowest BCUT2D eigenvalue weighted by molar-refractivity contribution is 0.0528. The van der Waals surface area contributed by atoms with E-state index in [0.29, 0.717) is 18.5 Å². The minimum atomic E-state index is -0.825. The van der Waals surface area contributed by atoms with Crippen molar-refractivity contribution in [1.29, 1.82) is 0 Å². The van der Waals surface area contributed by atoms with Gasteiger partial charge in [0, 0.05) is 17.5 Å². The molecule has 0 aliphatic rings. The first-order valence-electron chi connectivity index (χ1n) is 5.07. The molecule has 0 saturated carbocycles. The Morgan fingerprint density at radius 2 is 2.44 bits per heavy atom. The Labute approximate surface area is 104 Å². The van der Waals surface area contributed by atoms with Gasteiger partial charge in [0.15, 0.2) is 0 Å². The van der Waals surface area contributed by atoms with Crippen LogP contribution in [0.15, 0.2) is 16.8 Å². The molecule has 0 spiro atoms. The van der Waals surface area contributed by atoms with Gasteiger partial charge in [-0.1, -0.05) is 0 Å². The van der Waals surface area contributed by atoms with Crippen LogP contribution in [0.25, 0.3) is 0 Å². The second-order valence-corrected chi connectivity index (χ2v) is 5.70. The van der Waals surface area contributed by atoms with Crippen molar-refractivity contribution in [2.45, 2.75) is 18.9 Å². The van der Waals surface area contributed by atoms with Gasteiger partial charge in [-0.2, -0.15) is 23.1 Å². The van der Waals surface area contributed by atoms with E-state index in [4.69, 9.17) is 0 Å². The average molecular weight is 259 g/mol. The molecule has 0 saturated heterocycles. The molecule has 1 aromatic heterocycles. The molecule has 0 aromatic carbocycles. The standard InChI is InChI=1S/C11H17NO2S2/c1-11(14,4-6-15-2)8-12-10(13)9-3-5-16-7-9/h3,5,7,14H,4,6,8H2,1-2H3,(H,12,13)/t11-/m0/s1. The fourth-order valence-corrected chi connectivity index (χ4v) is 2.46. The maximum atomic E-state index is 11.6. The fourth-order valence-electron chi connectivity index (χ4n) is 1.18. The van der Waals surface area contributed by atoms with Gasteiger partial charge in [-0.05, 0) is 36.8 Å². The molecule has 1 amide bonds. The van der Waals surface area contributed by atoms with E-state index in [1.165, 1.54) is 11.3 Å². The second-order valence-electron chi connectivity index (χ2n) is 3.93. The Morgan fingerprint density at radius 3 is 3.00 bits per heavy atom. The van der Waals surface area contributed by atoms with Crippen molar-refractivity contribution < 1.29 is 9.90 Å². The molecule has 0 unspecified atom stereocenters. The highest BCUT2D eigenvalue weighted by Gasteiger charge is 2.20. The Balaban J connectivity index is 2.36. The Kier molecular flexibility index (Phi) is 5.31. The van der Waals surface area contributed by atoms with Gasteiger partial charge in [-0.15, -0.1) is 0 Å². The first kappa shape index (κ1) is 13.5. The SMILES string of the molecule is CSCC[C@](C)(O)CNC(=O)c1ccsc1. The molecule has 0 radical (unpaired) electrons. The molecule has 0 bridgehead atoms.